The van der Waals surface area contributed by atoms with Crippen LogP contribution in [0.25, 0.3) is 22.5 Å². The molecule has 5 rings (SSSR count). The van der Waals surface area contributed by atoms with Gasteiger partial charge in [0.1, 0.15) is 10.8 Å². The van der Waals surface area contributed by atoms with Crippen molar-refractivity contribution in [1.29, 1.82) is 0 Å². The SMILES string of the molecule is CCCCc1nsc(NS(=O)(=O)c2ccc(F)cc2)c1Cc1ccc(-c2ccccc2-c2nnn[nH]2)cc1. The van der Waals surface area contributed by atoms with Gasteiger partial charge in [-0.2, -0.15) is 4.37 Å². The van der Waals surface area contributed by atoms with Crippen LogP contribution in [0.1, 0.15) is 36.6 Å². The molecule has 0 fully saturated rings. The Balaban J connectivity index is 1.43. The number of aromatic amines is 1. The Bertz CT molecular complexity index is 1620. The summed E-state index contributed by atoms with van der Waals surface area (Å²) in [5.74, 6) is 0.0977. The highest BCUT2D eigenvalue weighted by Crippen LogP contribution is 2.33. The molecular weight excluding hydrogens is 523 g/mol. The number of benzene rings is 3. The highest BCUT2D eigenvalue weighted by atomic mass is 32.2. The van der Waals surface area contributed by atoms with E-state index in [1.807, 2.05) is 48.5 Å². The minimum Gasteiger partial charge on any atom is -0.269 e. The van der Waals surface area contributed by atoms with Crippen molar-refractivity contribution >= 4 is 26.6 Å². The lowest BCUT2D eigenvalue weighted by molar-refractivity contribution is 0.599. The van der Waals surface area contributed by atoms with E-state index in [0.29, 0.717) is 17.2 Å². The Labute approximate surface area is 224 Å². The number of anilines is 1. The van der Waals surface area contributed by atoms with Gasteiger partial charge in [0.2, 0.25) is 0 Å². The summed E-state index contributed by atoms with van der Waals surface area (Å²) in [6, 6.07) is 20.8. The summed E-state index contributed by atoms with van der Waals surface area (Å²) in [5, 5.41) is 14.7. The number of rotatable bonds is 10. The molecule has 0 bridgehead atoms. The smallest absolute Gasteiger partial charge is 0.262 e. The molecule has 8 nitrogen and oxygen atoms in total. The lowest BCUT2D eigenvalue weighted by Gasteiger charge is -2.11. The molecule has 0 saturated carbocycles. The van der Waals surface area contributed by atoms with Crippen LogP contribution in [0, 0.1) is 5.82 Å². The zero-order chi connectivity index (χ0) is 26.5. The molecule has 194 valence electrons. The monoisotopic (exact) mass is 548 g/mol. The zero-order valence-corrected chi connectivity index (χ0v) is 22.2. The van der Waals surface area contributed by atoms with Crippen LogP contribution in [-0.4, -0.2) is 33.4 Å². The molecule has 2 aromatic heterocycles. The van der Waals surface area contributed by atoms with Crippen LogP contribution in [0.5, 0.6) is 0 Å². The van der Waals surface area contributed by atoms with E-state index in [-0.39, 0.29) is 4.90 Å². The Kier molecular flexibility index (Phi) is 7.57. The largest absolute Gasteiger partial charge is 0.269 e. The van der Waals surface area contributed by atoms with Crippen molar-refractivity contribution < 1.29 is 12.8 Å². The minimum atomic E-state index is -3.89. The summed E-state index contributed by atoms with van der Waals surface area (Å²) in [5.41, 5.74) is 5.66. The number of hydrogen-bond donors (Lipinski definition) is 2. The maximum Gasteiger partial charge on any atom is 0.262 e. The van der Waals surface area contributed by atoms with Gasteiger partial charge in [-0.25, -0.2) is 17.9 Å². The van der Waals surface area contributed by atoms with E-state index >= 15 is 0 Å². The van der Waals surface area contributed by atoms with E-state index in [2.05, 4.69) is 36.6 Å². The molecule has 0 amide bonds. The quantitative estimate of drug-likeness (QED) is 0.226. The van der Waals surface area contributed by atoms with Gasteiger partial charge < -0.3 is 0 Å². The third-order valence-corrected chi connectivity index (χ3v) is 8.50. The summed E-state index contributed by atoms with van der Waals surface area (Å²) >= 11 is 1.13. The van der Waals surface area contributed by atoms with Gasteiger partial charge >= 0.3 is 0 Å². The Morgan fingerprint density at radius 1 is 0.974 bits per heavy atom. The molecule has 0 saturated heterocycles. The number of nitrogens with zero attached hydrogens (tertiary/aromatic N) is 4. The molecule has 0 aliphatic carbocycles. The minimum absolute atomic E-state index is 0.00154. The van der Waals surface area contributed by atoms with Crippen LogP contribution in [0.15, 0.2) is 77.7 Å². The number of aryl methyl sites for hydroxylation is 1. The third-order valence-electron chi connectivity index (χ3n) is 6.16. The molecule has 11 heteroatoms. The lowest BCUT2D eigenvalue weighted by Crippen LogP contribution is -2.13. The molecule has 38 heavy (non-hydrogen) atoms. The first-order valence-corrected chi connectivity index (χ1v) is 14.4. The summed E-state index contributed by atoms with van der Waals surface area (Å²) < 4.78 is 46.6. The highest BCUT2D eigenvalue weighted by molar-refractivity contribution is 7.93. The molecule has 3 aromatic carbocycles. The van der Waals surface area contributed by atoms with Crippen molar-refractivity contribution in [3.8, 4) is 22.5 Å². The van der Waals surface area contributed by atoms with Crippen molar-refractivity contribution in [1.82, 2.24) is 25.0 Å². The predicted molar refractivity (Wildman–Crippen MR) is 146 cm³/mol. The molecule has 0 aliphatic rings. The number of unbranched alkanes of at least 4 members (excludes halogenated alkanes) is 1. The summed E-state index contributed by atoms with van der Waals surface area (Å²) in [6.45, 7) is 2.11. The second-order valence-corrected chi connectivity index (χ2v) is 11.2. The fraction of sp³-hybridized carbons (Fsp3) is 0.185. The van der Waals surface area contributed by atoms with Gasteiger partial charge in [-0.1, -0.05) is 61.9 Å². The first kappa shape index (κ1) is 25.7. The van der Waals surface area contributed by atoms with Crippen molar-refractivity contribution in [2.75, 3.05) is 4.72 Å². The molecule has 2 heterocycles. The third kappa shape index (κ3) is 5.63. The average Bonchev–Trinajstić information content (AvgIpc) is 3.59. The van der Waals surface area contributed by atoms with Gasteiger partial charge in [-0.15, -0.1) is 5.10 Å². The molecule has 0 spiro atoms. The molecule has 2 N–H and O–H groups in total. The Morgan fingerprint density at radius 2 is 1.71 bits per heavy atom. The van der Waals surface area contributed by atoms with E-state index < -0.39 is 15.8 Å². The molecular formula is C27H25FN6O2S2. The Hall–Kier alpha value is -3.96. The molecule has 5 aromatic rings. The topological polar surface area (TPSA) is 114 Å². The number of H-pyrrole nitrogens is 1. The Morgan fingerprint density at radius 3 is 2.39 bits per heavy atom. The van der Waals surface area contributed by atoms with Crippen molar-refractivity contribution in [3.63, 3.8) is 0 Å². The first-order valence-electron chi connectivity index (χ1n) is 12.1. The van der Waals surface area contributed by atoms with Crippen LogP contribution in [0.2, 0.25) is 0 Å². The van der Waals surface area contributed by atoms with Gasteiger partial charge in [0, 0.05) is 17.5 Å². The van der Waals surface area contributed by atoms with Crippen LogP contribution >= 0.6 is 11.5 Å². The normalized spacial score (nSPS) is 11.5. The molecule has 0 aliphatic heterocycles. The molecule has 0 atom stereocenters. The number of tetrazole rings is 1. The molecule has 0 radical (unpaired) electrons. The second-order valence-electron chi connectivity index (χ2n) is 8.77. The van der Waals surface area contributed by atoms with E-state index in [1.165, 1.54) is 12.1 Å². The fourth-order valence-electron chi connectivity index (χ4n) is 4.16. The highest BCUT2D eigenvalue weighted by Gasteiger charge is 2.21. The predicted octanol–water partition coefficient (Wildman–Crippen LogP) is 5.86. The maximum absolute atomic E-state index is 13.3. The van der Waals surface area contributed by atoms with Crippen LogP contribution in [-0.2, 0) is 22.9 Å². The zero-order valence-electron chi connectivity index (χ0n) is 20.6. The second kappa shape index (κ2) is 11.2. The van der Waals surface area contributed by atoms with Crippen LogP contribution in [0.4, 0.5) is 9.39 Å². The number of sulfonamides is 1. The van der Waals surface area contributed by atoms with Gasteiger partial charge in [-0.3, -0.25) is 4.72 Å². The van der Waals surface area contributed by atoms with Crippen LogP contribution < -0.4 is 4.72 Å². The summed E-state index contributed by atoms with van der Waals surface area (Å²) in [6.07, 6.45) is 3.23. The lowest BCUT2D eigenvalue weighted by atomic mass is 9.96. The number of hydrogen-bond acceptors (Lipinski definition) is 7. The number of aromatic nitrogens is 5. The summed E-state index contributed by atoms with van der Waals surface area (Å²) in [7, 11) is -3.89. The fourth-order valence-corrected chi connectivity index (χ4v) is 6.32. The number of halogens is 1. The van der Waals surface area contributed by atoms with E-state index in [9.17, 15) is 12.8 Å². The van der Waals surface area contributed by atoms with Crippen LogP contribution in [0.3, 0.4) is 0 Å². The standard InChI is InChI=1S/C27H25FN6O2S2/c1-2-3-8-25-24(27(37-31-25)32-38(35,36)21-15-13-20(28)14-16-21)17-18-9-11-19(12-10-18)22-6-4-5-7-23(22)26-29-33-34-30-26/h4-7,9-16,32H,2-3,8,17H2,1H3,(H,29,30,33,34). The van der Waals surface area contributed by atoms with Gasteiger partial charge in [0.05, 0.1) is 10.6 Å². The van der Waals surface area contributed by atoms with Gasteiger partial charge in [0.15, 0.2) is 5.82 Å². The maximum atomic E-state index is 13.3. The van der Waals surface area contributed by atoms with E-state index in [4.69, 9.17) is 0 Å². The van der Waals surface area contributed by atoms with E-state index in [0.717, 1.165) is 76.4 Å². The summed E-state index contributed by atoms with van der Waals surface area (Å²) in [4.78, 5) is -0.00154. The first-order chi connectivity index (χ1) is 18.4. The molecule has 0 unspecified atom stereocenters. The average molecular weight is 549 g/mol. The van der Waals surface area contributed by atoms with Crippen molar-refractivity contribution in [2.45, 2.75) is 37.5 Å². The van der Waals surface area contributed by atoms with Crippen molar-refractivity contribution in [2.24, 2.45) is 0 Å². The van der Waals surface area contributed by atoms with E-state index in [1.54, 1.807) is 0 Å². The van der Waals surface area contributed by atoms with Crippen molar-refractivity contribution in [3.05, 3.63) is 95.4 Å². The van der Waals surface area contributed by atoms with Gasteiger partial charge in [-0.05, 0) is 75.8 Å². The van der Waals surface area contributed by atoms with Gasteiger partial charge in [0.25, 0.3) is 10.0 Å². The number of nitrogens with one attached hydrogen (secondary N) is 2.